The maximum atomic E-state index is 13.8. The van der Waals surface area contributed by atoms with Gasteiger partial charge >= 0.3 is 6.18 Å². The van der Waals surface area contributed by atoms with E-state index in [9.17, 15) is 18.0 Å². The van der Waals surface area contributed by atoms with Gasteiger partial charge in [-0.1, -0.05) is 13.0 Å². The number of nitrogens with two attached hydrogens (primary N) is 1. The summed E-state index contributed by atoms with van der Waals surface area (Å²) < 4.78 is 43.0. The van der Waals surface area contributed by atoms with E-state index < -0.39 is 17.6 Å². The fraction of sp³-hybridized carbons (Fsp3) is 0.310. The van der Waals surface area contributed by atoms with E-state index in [4.69, 9.17) is 5.73 Å². The predicted octanol–water partition coefficient (Wildman–Crippen LogP) is 5.02. The Kier molecular flexibility index (Phi) is 8.03. The molecule has 4 aromatic rings. The monoisotopic (exact) mass is 579 g/mol. The molecule has 42 heavy (non-hydrogen) atoms. The molecule has 0 bridgehead atoms. The van der Waals surface area contributed by atoms with E-state index in [-0.39, 0.29) is 11.5 Å². The van der Waals surface area contributed by atoms with Crippen molar-refractivity contribution < 1.29 is 18.0 Å². The molecule has 2 aromatic heterocycles. The molecular formula is C29H32F3N9O. The average molecular weight is 580 g/mol. The number of hydrogen-bond donors (Lipinski definition) is 3. The standard InChI is InChI=1S/C29H32F3N9O/c1-4-39-9-11-40(12-10-39)23-15-20(14-21(16-23)29(30,31)32)27(42)36-22-6-5-18(2)24(17-22)37-25-7-8-34-41(25)26-13-19(3)35-28(33)38-26/h5-8,13-17,37H,4,9-12H2,1-3H3,(H,36,42)(H2,33,35,38). The number of piperazine rings is 1. The van der Waals surface area contributed by atoms with Gasteiger partial charge in [-0.2, -0.15) is 27.9 Å². The highest BCUT2D eigenvalue weighted by Crippen LogP contribution is 2.34. The van der Waals surface area contributed by atoms with Gasteiger partial charge in [-0.3, -0.25) is 4.79 Å². The Morgan fingerprint density at radius 1 is 1.00 bits per heavy atom. The fourth-order valence-electron chi connectivity index (χ4n) is 4.85. The Morgan fingerprint density at radius 3 is 2.45 bits per heavy atom. The number of anilines is 5. The summed E-state index contributed by atoms with van der Waals surface area (Å²) in [6.45, 7) is 9.29. The molecule has 1 aliphatic heterocycles. The molecule has 1 saturated heterocycles. The van der Waals surface area contributed by atoms with E-state index in [0.717, 1.165) is 37.3 Å². The Balaban J connectivity index is 1.39. The molecule has 0 radical (unpaired) electrons. The molecule has 1 fully saturated rings. The summed E-state index contributed by atoms with van der Waals surface area (Å²) in [6, 6.07) is 12.2. The van der Waals surface area contributed by atoms with Gasteiger partial charge < -0.3 is 26.2 Å². The van der Waals surface area contributed by atoms with Crippen LogP contribution in [0.4, 0.5) is 42.0 Å². The van der Waals surface area contributed by atoms with Crippen LogP contribution in [0, 0.1) is 13.8 Å². The summed E-state index contributed by atoms with van der Waals surface area (Å²) in [5.41, 5.74) is 7.89. The van der Waals surface area contributed by atoms with Gasteiger partial charge in [-0.05, 0) is 56.3 Å². The minimum absolute atomic E-state index is 0.0670. The van der Waals surface area contributed by atoms with E-state index in [2.05, 4.69) is 37.5 Å². The summed E-state index contributed by atoms with van der Waals surface area (Å²) in [4.78, 5) is 25.7. The van der Waals surface area contributed by atoms with Gasteiger partial charge in [0.05, 0.1) is 11.8 Å². The Labute approximate surface area is 241 Å². The maximum Gasteiger partial charge on any atom is 0.416 e. The zero-order valence-corrected chi connectivity index (χ0v) is 23.5. The maximum absolute atomic E-state index is 13.8. The number of alkyl halides is 3. The minimum atomic E-state index is -4.59. The van der Waals surface area contributed by atoms with Gasteiger partial charge in [0.2, 0.25) is 5.95 Å². The summed E-state index contributed by atoms with van der Waals surface area (Å²) in [5, 5.41) is 10.4. The molecule has 10 nitrogen and oxygen atoms in total. The van der Waals surface area contributed by atoms with Gasteiger partial charge in [0.1, 0.15) is 5.82 Å². The van der Waals surface area contributed by atoms with Crippen molar-refractivity contribution in [2.75, 3.05) is 54.0 Å². The van der Waals surface area contributed by atoms with Crippen molar-refractivity contribution in [1.82, 2.24) is 24.6 Å². The highest BCUT2D eigenvalue weighted by Gasteiger charge is 2.33. The normalized spacial score (nSPS) is 14.2. The number of carbonyl (C=O) groups excluding carboxylic acids is 1. The third kappa shape index (κ3) is 6.46. The van der Waals surface area contributed by atoms with Gasteiger partial charge in [0.15, 0.2) is 5.82 Å². The average Bonchev–Trinajstić information content (AvgIpc) is 3.42. The lowest BCUT2D eigenvalue weighted by Crippen LogP contribution is -2.46. The van der Waals surface area contributed by atoms with Crippen LogP contribution in [0.2, 0.25) is 0 Å². The van der Waals surface area contributed by atoms with Gasteiger partial charge in [0.25, 0.3) is 5.91 Å². The number of aromatic nitrogens is 4. The van der Waals surface area contributed by atoms with Crippen LogP contribution in [0.5, 0.6) is 0 Å². The van der Waals surface area contributed by atoms with Crippen LogP contribution in [0.25, 0.3) is 5.82 Å². The molecule has 0 spiro atoms. The number of halogens is 3. The number of nitrogens with one attached hydrogen (secondary N) is 2. The molecule has 4 N–H and O–H groups in total. The molecule has 3 heterocycles. The molecule has 5 rings (SSSR count). The minimum Gasteiger partial charge on any atom is -0.369 e. The van der Waals surface area contributed by atoms with Gasteiger partial charge in [0, 0.05) is 66.6 Å². The highest BCUT2D eigenvalue weighted by atomic mass is 19.4. The van der Waals surface area contributed by atoms with Crippen LogP contribution in [0.1, 0.15) is 34.1 Å². The van der Waals surface area contributed by atoms with Crippen LogP contribution in [0.3, 0.4) is 0 Å². The van der Waals surface area contributed by atoms with Crippen molar-refractivity contribution >= 4 is 34.7 Å². The van der Waals surface area contributed by atoms with E-state index in [1.54, 1.807) is 48.1 Å². The molecule has 220 valence electrons. The second kappa shape index (κ2) is 11.7. The molecule has 1 aliphatic rings. The molecule has 0 saturated carbocycles. The van der Waals surface area contributed by atoms with Crippen molar-refractivity contribution in [3.8, 4) is 5.82 Å². The Bertz CT molecular complexity index is 1570. The van der Waals surface area contributed by atoms with Gasteiger partial charge in [-0.15, -0.1) is 0 Å². The lowest BCUT2D eigenvalue weighted by Gasteiger charge is -2.36. The Morgan fingerprint density at radius 2 is 1.76 bits per heavy atom. The third-order valence-electron chi connectivity index (χ3n) is 7.17. The van der Waals surface area contributed by atoms with Crippen LogP contribution in [-0.4, -0.2) is 63.3 Å². The van der Waals surface area contributed by atoms with E-state index in [1.165, 1.54) is 6.07 Å². The summed E-state index contributed by atoms with van der Waals surface area (Å²) >= 11 is 0. The largest absolute Gasteiger partial charge is 0.416 e. The topological polar surface area (TPSA) is 117 Å². The number of likely N-dealkylation sites (N-methyl/N-ethyl adjacent to an activating group) is 1. The number of benzene rings is 2. The highest BCUT2D eigenvalue weighted by molar-refractivity contribution is 6.05. The van der Waals surface area contributed by atoms with Crippen LogP contribution < -0.4 is 21.3 Å². The third-order valence-corrected chi connectivity index (χ3v) is 7.17. The molecule has 2 aromatic carbocycles. The fourth-order valence-corrected chi connectivity index (χ4v) is 4.85. The molecule has 13 heteroatoms. The van der Waals surface area contributed by atoms with Crippen molar-refractivity contribution in [2.45, 2.75) is 26.9 Å². The summed E-state index contributed by atoms with van der Waals surface area (Å²) in [5.74, 6) is 0.547. The number of nitrogen functional groups attached to an aromatic ring is 1. The Hall–Kier alpha value is -4.65. The molecular weight excluding hydrogens is 547 g/mol. The van der Waals surface area contributed by atoms with Crippen LogP contribution in [0.15, 0.2) is 54.7 Å². The lowest BCUT2D eigenvalue weighted by molar-refractivity contribution is -0.137. The number of amides is 1. The zero-order valence-electron chi connectivity index (χ0n) is 23.5. The second-order valence-corrected chi connectivity index (χ2v) is 10.2. The van der Waals surface area contributed by atoms with E-state index in [1.807, 2.05) is 11.8 Å². The van der Waals surface area contributed by atoms with Crippen molar-refractivity contribution in [3.05, 3.63) is 77.1 Å². The zero-order chi connectivity index (χ0) is 30.0. The number of hydrogen-bond acceptors (Lipinski definition) is 8. The lowest BCUT2D eigenvalue weighted by atomic mass is 10.1. The first-order valence-electron chi connectivity index (χ1n) is 13.5. The molecule has 0 atom stereocenters. The van der Waals surface area contributed by atoms with Crippen molar-refractivity contribution in [2.24, 2.45) is 0 Å². The summed E-state index contributed by atoms with van der Waals surface area (Å²) in [6.07, 6.45) is -2.99. The summed E-state index contributed by atoms with van der Waals surface area (Å²) in [7, 11) is 0. The molecule has 1 amide bonds. The first-order valence-corrected chi connectivity index (χ1v) is 13.5. The smallest absolute Gasteiger partial charge is 0.369 e. The van der Waals surface area contributed by atoms with Crippen LogP contribution >= 0.6 is 0 Å². The first-order chi connectivity index (χ1) is 20.0. The number of nitrogens with zero attached hydrogens (tertiary/aromatic N) is 6. The number of rotatable bonds is 7. The first kappa shape index (κ1) is 28.9. The van der Waals surface area contributed by atoms with Crippen molar-refractivity contribution in [3.63, 3.8) is 0 Å². The van der Waals surface area contributed by atoms with E-state index >= 15 is 0 Å². The predicted molar refractivity (Wildman–Crippen MR) is 156 cm³/mol. The molecule has 0 aliphatic carbocycles. The van der Waals surface area contributed by atoms with Crippen molar-refractivity contribution in [1.29, 1.82) is 0 Å². The number of carbonyl (C=O) groups is 1. The second-order valence-electron chi connectivity index (χ2n) is 10.2. The SMILES string of the molecule is CCN1CCN(c2cc(C(=O)Nc3ccc(C)c(Nc4ccnn4-c4cc(C)nc(N)n4)c3)cc(C(F)(F)F)c2)CC1. The van der Waals surface area contributed by atoms with Crippen LogP contribution in [-0.2, 0) is 6.18 Å². The van der Waals surface area contributed by atoms with E-state index in [0.29, 0.717) is 47.5 Å². The number of aryl methyl sites for hydroxylation is 2. The van der Waals surface area contributed by atoms with Gasteiger partial charge in [-0.25, -0.2) is 4.98 Å². The molecule has 0 unspecified atom stereocenters. The quantitative estimate of drug-likeness (QED) is 0.280.